The Morgan fingerprint density at radius 1 is 0.861 bits per heavy atom. The summed E-state index contributed by atoms with van der Waals surface area (Å²) in [6.45, 7) is 9.94. The smallest absolute Gasteiger partial charge is 0.119 e. The molecule has 4 aromatic carbocycles. The van der Waals surface area contributed by atoms with Crippen molar-refractivity contribution in [1.82, 2.24) is 10.2 Å². The number of piperazine rings is 1. The van der Waals surface area contributed by atoms with Gasteiger partial charge in [-0.25, -0.2) is 0 Å². The first-order chi connectivity index (χ1) is 17.5. The number of nitrogens with zero attached hydrogens (tertiary/aromatic N) is 1. The lowest BCUT2D eigenvalue weighted by Crippen LogP contribution is -2.44. The predicted molar refractivity (Wildman–Crippen MR) is 146 cm³/mol. The minimum atomic E-state index is 0.246. The van der Waals surface area contributed by atoms with E-state index in [4.69, 9.17) is 4.74 Å². The van der Waals surface area contributed by atoms with Crippen LogP contribution >= 0.6 is 0 Å². The number of aryl methyl sites for hydroxylation is 2. The average molecular weight is 483 g/mol. The number of fused-ring (bicyclic) bond motifs is 1. The Bertz CT molecular complexity index is 1380. The molecular formula is C31H34N2O3. The van der Waals surface area contributed by atoms with Crippen molar-refractivity contribution in [2.75, 3.05) is 39.3 Å². The second-order valence-corrected chi connectivity index (χ2v) is 9.71. The third-order valence-corrected chi connectivity index (χ3v) is 7.16. The fourth-order valence-corrected chi connectivity index (χ4v) is 5.13. The number of hydrogen-bond acceptors (Lipinski definition) is 5. The molecule has 0 amide bonds. The molecule has 5 nitrogen and oxygen atoms in total. The lowest BCUT2D eigenvalue weighted by Gasteiger charge is -2.27. The number of nitrogens with one attached hydrogen (secondary N) is 1. The van der Waals surface area contributed by atoms with Crippen LogP contribution in [0.3, 0.4) is 0 Å². The highest BCUT2D eigenvalue weighted by atomic mass is 16.5. The quantitative estimate of drug-likeness (QED) is 0.329. The summed E-state index contributed by atoms with van der Waals surface area (Å²) >= 11 is 0. The molecule has 0 saturated carbocycles. The van der Waals surface area contributed by atoms with Crippen molar-refractivity contribution in [1.29, 1.82) is 0 Å². The molecule has 0 atom stereocenters. The van der Waals surface area contributed by atoms with Gasteiger partial charge in [-0.05, 0) is 101 Å². The van der Waals surface area contributed by atoms with Gasteiger partial charge in [0, 0.05) is 32.7 Å². The number of phenolic OH excluding ortho intramolecular Hbond substituents is 2. The van der Waals surface area contributed by atoms with Gasteiger partial charge in [0.25, 0.3) is 0 Å². The predicted octanol–water partition coefficient (Wildman–Crippen LogP) is 5.41. The fraction of sp³-hybridized carbons (Fsp3) is 0.290. The Kier molecular flexibility index (Phi) is 7.12. The topological polar surface area (TPSA) is 65.0 Å². The molecular weight excluding hydrogens is 448 g/mol. The van der Waals surface area contributed by atoms with Crippen molar-refractivity contribution in [2.45, 2.75) is 20.3 Å². The summed E-state index contributed by atoms with van der Waals surface area (Å²) in [5, 5.41) is 26.0. The number of benzene rings is 4. The van der Waals surface area contributed by atoms with Crippen LogP contribution in [0.4, 0.5) is 0 Å². The van der Waals surface area contributed by atoms with E-state index in [0.717, 1.165) is 71.5 Å². The molecule has 0 spiro atoms. The minimum absolute atomic E-state index is 0.246. The molecule has 4 aromatic rings. The number of phenols is 2. The molecule has 186 valence electrons. The molecule has 0 unspecified atom stereocenters. The Labute approximate surface area is 213 Å². The largest absolute Gasteiger partial charge is 0.508 e. The van der Waals surface area contributed by atoms with Crippen LogP contribution in [-0.2, 0) is 6.42 Å². The third kappa shape index (κ3) is 5.32. The van der Waals surface area contributed by atoms with Crippen molar-refractivity contribution in [3.8, 4) is 28.4 Å². The number of hydrogen-bond donors (Lipinski definition) is 3. The van der Waals surface area contributed by atoms with E-state index in [1.54, 1.807) is 12.1 Å². The van der Waals surface area contributed by atoms with E-state index < -0.39 is 0 Å². The van der Waals surface area contributed by atoms with Gasteiger partial charge >= 0.3 is 0 Å². The number of rotatable bonds is 7. The number of ether oxygens (including phenoxy) is 1. The standard InChI is InChI=1S/C31H34N2O3/c1-21-6-8-26(34)17-25(21)19-29-22(2)16-23-7-9-27(35)20-30(23)31(29)24-4-3-5-28(18-24)36-15-14-33-12-10-32-11-13-33/h3-9,16-18,20,32,34-35H,10-15,19H2,1-2H3. The normalized spacial score (nSPS) is 14.3. The Balaban J connectivity index is 1.53. The fourth-order valence-electron chi connectivity index (χ4n) is 5.13. The van der Waals surface area contributed by atoms with Crippen LogP contribution < -0.4 is 10.1 Å². The van der Waals surface area contributed by atoms with Crippen molar-refractivity contribution >= 4 is 10.8 Å². The first-order valence-electron chi connectivity index (χ1n) is 12.7. The molecule has 1 saturated heterocycles. The van der Waals surface area contributed by atoms with Gasteiger partial charge in [-0.15, -0.1) is 0 Å². The molecule has 36 heavy (non-hydrogen) atoms. The van der Waals surface area contributed by atoms with Gasteiger partial charge in [-0.2, -0.15) is 0 Å². The van der Waals surface area contributed by atoms with Crippen LogP contribution in [-0.4, -0.2) is 54.4 Å². The summed E-state index contributed by atoms with van der Waals surface area (Å²) in [5.74, 6) is 1.36. The summed E-state index contributed by atoms with van der Waals surface area (Å²) in [7, 11) is 0. The second kappa shape index (κ2) is 10.6. The van der Waals surface area contributed by atoms with Gasteiger partial charge in [-0.3, -0.25) is 4.90 Å². The van der Waals surface area contributed by atoms with Crippen molar-refractivity contribution in [2.24, 2.45) is 0 Å². The number of aromatic hydroxyl groups is 2. The minimum Gasteiger partial charge on any atom is -0.508 e. The highest BCUT2D eigenvalue weighted by molar-refractivity contribution is 6.00. The molecule has 0 aromatic heterocycles. The zero-order valence-electron chi connectivity index (χ0n) is 21.1. The highest BCUT2D eigenvalue weighted by Crippen LogP contribution is 2.39. The Morgan fingerprint density at radius 3 is 2.47 bits per heavy atom. The molecule has 0 radical (unpaired) electrons. The van der Waals surface area contributed by atoms with E-state index in [9.17, 15) is 10.2 Å². The third-order valence-electron chi connectivity index (χ3n) is 7.16. The molecule has 0 bridgehead atoms. The molecule has 3 N–H and O–H groups in total. The van der Waals surface area contributed by atoms with Crippen molar-refractivity contribution in [3.05, 3.63) is 89.0 Å². The highest BCUT2D eigenvalue weighted by Gasteiger charge is 2.17. The molecule has 1 aliphatic heterocycles. The van der Waals surface area contributed by atoms with Crippen LogP contribution in [0, 0.1) is 13.8 Å². The second-order valence-electron chi connectivity index (χ2n) is 9.71. The summed E-state index contributed by atoms with van der Waals surface area (Å²) in [6.07, 6.45) is 0.682. The van der Waals surface area contributed by atoms with Gasteiger partial charge in [0.1, 0.15) is 23.9 Å². The maximum atomic E-state index is 10.4. The molecule has 5 rings (SSSR count). The van der Waals surface area contributed by atoms with Crippen LogP contribution in [0.2, 0.25) is 0 Å². The van der Waals surface area contributed by atoms with Crippen LogP contribution in [0.1, 0.15) is 22.3 Å². The molecule has 5 heteroatoms. The summed E-state index contributed by atoms with van der Waals surface area (Å²) in [5.41, 5.74) is 6.73. The Hall–Kier alpha value is -3.54. The maximum Gasteiger partial charge on any atom is 0.119 e. The zero-order chi connectivity index (χ0) is 25.1. The SMILES string of the molecule is Cc1ccc(O)cc1Cc1c(C)cc2ccc(O)cc2c1-c1cccc(OCCN2CCNCC2)c1. The molecule has 1 fully saturated rings. The van der Waals surface area contributed by atoms with Gasteiger partial charge < -0.3 is 20.3 Å². The molecule has 0 aliphatic carbocycles. The first-order valence-corrected chi connectivity index (χ1v) is 12.7. The van der Waals surface area contributed by atoms with Crippen molar-refractivity contribution < 1.29 is 14.9 Å². The van der Waals surface area contributed by atoms with E-state index in [0.29, 0.717) is 13.0 Å². The summed E-state index contributed by atoms with van der Waals surface area (Å²) in [4.78, 5) is 2.42. The summed E-state index contributed by atoms with van der Waals surface area (Å²) < 4.78 is 6.19. The van der Waals surface area contributed by atoms with Crippen LogP contribution in [0.5, 0.6) is 17.2 Å². The average Bonchev–Trinajstić information content (AvgIpc) is 2.88. The lowest BCUT2D eigenvalue weighted by atomic mass is 9.86. The molecule has 1 heterocycles. The van der Waals surface area contributed by atoms with Crippen LogP contribution in [0.25, 0.3) is 21.9 Å². The van der Waals surface area contributed by atoms with Gasteiger partial charge in [0.15, 0.2) is 0 Å². The van der Waals surface area contributed by atoms with Crippen LogP contribution in [0.15, 0.2) is 66.7 Å². The monoisotopic (exact) mass is 482 g/mol. The van der Waals surface area contributed by atoms with E-state index in [1.807, 2.05) is 36.4 Å². The first kappa shape index (κ1) is 24.2. The van der Waals surface area contributed by atoms with E-state index in [1.165, 1.54) is 11.1 Å². The zero-order valence-corrected chi connectivity index (χ0v) is 21.1. The van der Waals surface area contributed by atoms with Gasteiger partial charge in [0.2, 0.25) is 0 Å². The van der Waals surface area contributed by atoms with Crippen molar-refractivity contribution in [3.63, 3.8) is 0 Å². The summed E-state index contributed by atoms with van der Waals surface area (Å²) in [6, 6.07) is 21.5. The maximum absolute atomic E-state index is 10.4. The van der Waals surface area contributed by atoms with Gasteiger partial charge in [0.05, 0.1) is 0 Å². The van der Waals surface area contributed by atoms with Gasteiger partial charge in [-0.1, -0.05) is 30.3 Å². The Morgan fingerprint density at radius 2 is 1.64 bits per heavy atom. The molecule has 1 aliphatic rings. The lowest BCUT2D eigenvalue weighted by molar-refractivity contribution is 0.191. The van der Waals surface area contributed by atoms with E-state index >= 15 is 0 Å². The van der Waals surface area contributed by atoms with E-state index in [2.05, 4.69) is 42.3 Å². The van der Waals surface area contributed by atoms with E-state index in [-0.39, 0.29) is 11.5 Å².